The van der Waals surface area contributed by atoms with E-state index in [1.165, 1.54) is 0 Å². The van der Waals surface area contributed by atoms with E-state index in [0.29, 0.717) is 19.3 Å². The van der Waals surface area contributed by atoms with Gasteiger partial charge in [-0.3, -0.25) is 14.4 Å². The second kappa shape index (κ2) is 17.8. The fourth-order valence-electron chi connectivity index (χ4n) is 2.53. The van der Waals surface area contributed by atoms with Gasteiger partial charge in [0, 0.05) is 19.3 Å². The molecule has 0 aliphatic heterocycles. The Morgan fingerprint density at radius 3 is 1.81 bits per heavy atom. The third-order valence-corrected chi connectivity index (χ3v) is 4.23. The third-order valence-electron chi connectivity index (χ3n) is 4.23. The van der Waals surface area contributed by atoms with Crippen molar-refractivity contribution >= 4 is 17.8 Å². The lowest BCUT2D eigenvalue weighted by molar-refractivity contribution is -0.159. The molecule has 0 spiro atoms. The van der Waals surface area contributed by atoms with Crippen molar-refractivity contribution in [1.29, 1.82) is 0 Å². The molecule has 6 heteroatoms. The van der Waals surface area contributed by atoms with Crippen molar-refractivity contribution in [2.75, 3.05) is 13.2 Å². The Hall–Kier alpha value is -1.59. The molecule has 0 aliphatic carbocycles. The van der Waals surface area contributed by atoms with Crippen LogP contribution in [0.15, 0.2) is 0 Å². The highest BCUT2D eigenvalue weighted by Crippen LogP contribution is 2.06. The van der Waals surface area contributed by atoms with Gasteiger partial charge in [0.25, 0.3) is 0 Å². The number of carbonyl (C=O) groups is 3. The zero-order chi connectivity index (χ0) is 20.3. The summed E-state index contributed by atoms with van der Waals surface area (Å²) in [5.74, 6) is -0.662. The predicted molar refractivity (Wildman–Crippen MR) is 106 cm³/mol. The summed E-state index contributed by atoms with van der Waals surface area (Å²) in [6, 6.07) is 0. The van der Waals surface area contributed by atoms with Crippen LogP contribution in [0.1, 0.15) is 97.8 Å². The molecule has 0 radical (unpaired) electrons. The standard InChI is InChI=1S/C21H39NO5/c1-4-7-10-13-19(23)22-16-18(27-21(25)15-12-9-6-3)17-26-20(24)14-11-8-5-2/h18H,4-17H2,1-3H3,(H,22,23). The highest BCUT2D eigenvalue weighted by Gasteiger charge is 2.18. The van der Waals surface area contributed by atoms with Gasteiger partial charge in [0.15, 0.2) is 6.10 Å². The van der Waals surface area contributed by atoms with Crippen LogP contribution in [0.25, 0.3) is 0 Å². The van der Waals surface area contributed by atoms with Crippen molar-refractivity contribution in [2.24, 2.45) is 0 Å². The normalized spacial score (nSPS) is 11.7. The highest BCUT2D eigenvalue weighted by atomic mass is 16.6. The van der Waals surface area contributed by atoms with E-state index in [1.54, 1.807) is 0 Å². The fraction of sp³-hybridized carbons (Fsp3) is 0.857. The lowest BCUT2D eigenvalue weighted by atomic mass is 10.2. The number of unbranched alkanes of at least 4 members (excludes halogenated alkanes) is 6. The van der Waals surface area contributed by atoms with Crippen LogP contribution in [0.2, 0.25) is 0 Å². The molecule has 1 atom stereocenters. The molecule has 0 rings (SSSR count). The first-order valence-corrected chi connectivity index (χ1v) is 10.6. The highest BCUT2D eigenvalue weighted by molar-refractivity contribution is 5.76. The van der Waals surface area contributed by atoms with Gasteiger partial charge in [0.05, 0.1) is 6.54 Å². The Kier molecular flexibility index (Phi) is 16.8. The van der Waals surface area contributed by atoms with Gasteiger partial charge in [-0.15, -0.1) is 0 Å². The van der Waals surface area contributed by atoms with Gasteiger partial charge in [-0.2, -0.15) is 0 Å². The molecule has 0 aliphatic rings. The molecular formula is C21H39NO5. The van der Waals surface area contributed by atoms with Crippen LogP contribution >= 0.6 is 0 Å². The summed E-state index contributed by atoms with van der Waals surface area (Å²) >= 11 is 0. The Bertz CT molecular complexity index is 385. The average molecular weight is 386 g/mol. The number of amides is 1. The van der Waals surface area contributed by atoms with Gasteiger partial charge in [-0.1, -0.05) is 59.3 Å². The molecular weight excluding hydrogens is 346 g/mol. The number of nitrogens with one attached hydrogen (secondary N) is 1. The van der Waals surface area contributed by atoms with Crippen molar-refractivity contribution < 1.29 is 23.9 Å². The molecule has 6 nitrogen and oxygen atoms in total. The summed E-state index contributed by atoms with van der Waals surface area (Å²) in [4.78, 5) is 35.6. The van der Waals surface area contributed by atoms with E-state index in [0.717, 1.165) is 57.8 Å². The van der Waals surface area contributed by atoms with Crippen LogP contribution in [0.3, 0.4) is 0 Å². The Morgan fingerprint density at radius 1 is 0.741 bits per heavy atom. The molecule has 0 aromatic carbocycles. The summed E-state index contributed by atoms with van der Waals surface area (Å²) in [6.45, 7) is 6.38. The van der Waals surface area contributed by atoms with Crippen LogP contribution in [-0.4, -0.2) is 37.1 Å². The van der Waals surface area contributed by atoms with E-state index in [9.17, 15) is 14.4 Å². The van der Waals surface area contributed by atoms with Crippen LogP contribution in [0.5, 0.6) is 0 Å². The van der Waals surface area contributed by atoms with Crippen LogP contribution in [0, 0.1) is 0 Å². The molecule has 158 valence electrons. The maximum absolute atomic E-state index is 12.0. The molecule has 0 heterocycles. The minimum atomic E-state index is -0.635. The zero-order valence-corrected chi connectivity index (χ0v) is 17.5. The van der Waals surface area contributed by atoms with Crippen molar-refractivity contribution in [3.05, 3.63) is 0 Å². The lowest BCUT2D eigenvalue weighted by Gasteiger charge is -2.19. The summed E-state index contributed by atoms with van der Waals surface area (Å²) < 4.78 is 10.7. The van der Waals surface area contributed by atoms with E-state index >= 15 is 0 Å². The minimum Gasteiger partial charge on any atom is -0.462 e. The van der Waals surface area contributed by atoms with Crippen LogP contribution in [-0.2, 0) is 23.9 Å². The molecule has 0 fully saturated rings. The molecule has 0 aromatic heterocycles. The van der Waals surface area contributed by atoms with E-state index in [2.05, 4.69) is 26.1 Å². The number of ether oxygens (including phenoxy) is 2. The Morgan fingerprint density at radius 2 is 1.26 bits per heavy atom. The van der Waals surface area contributed by atoms with Gasteiger partial charge in [0.1, 0.15) is 6.61 Å². The van der Waals surface area contributed by atoms with Gasteiger partial charge >= 0.3 is 11.9 Å². The van der Waals surface area contributed by atoms with Crippen molar-refractivity contribution in [3.63, 3.8) is 0 Å². The molecule has 1 unspecified atom stereocenters. The second-order valence-corrected chi connectivity index (χ2v) is 6.97. The summed E-state index contributed by atoms with van der Waals surface area (Å²) in [7, 11) is 0. The van der Waals surface area contributed by atoms with Gasteiger partial charge in [-0.05, 0) is 19.3 Å². The predicted octanol–water partition coefficient (Wildman–Crippen LogP) is 4.30. The molecule has 0 saturated heterocycles. The first kappa shape index (κ1) is 25.4. The topological polar surface area (TPSA) is 81.7 Å². The number of esters is 2. The van der Waals surface area contributed by atoms with Gasteiger partial charge < -0.3 is 14.8 Å². The summed E-state index contributed by atoms with van der Waals surface area (Å²) in [6.07, 6.45) is 9.05. The Balaban J connectivity index is 4.36. The number of rotatable bonds is 17. The van der Waals surface area contributed by atoms with Gasteiger partial charge in [-0.25, -0.2) is 0 Å². The van der Waals surface area contributed by atoms with E-state index in [1.807, 2.05) is 0 Å². The number of hydrogen-bond donors (Lipinski definition) is 1. The molecule has 27 heavy (non-hydrogen) atoms. The monoisotopic (exact) mass is 385 g/mol. The second-order valence-electron chi connectivity index (χ2n) is 6.97. The number of carbonyl (C=O) groups excluding carboxylic acids is 3. The van der Waals surface area contributed by atoms with Gasteiger partial charge in [0.2, 0.25) is 5.91 Å². The average Bonchev–Trinajstić information content (AvgIpc) is 2.64. The van der Waals surface area contributed by atoms with Crippen molar-refractivity contribution in [3.8, 4) is 0 Å². The molecule has 1 amide bonds. The summed E-state index contributed by atoms with van der Waals surface area (Å²) in [5, 5.41) is 2.78. The SMILES string of the molecule is CCCCCC(=O)NCC(COC(=O)CCCCC)OC(=O)CCCCC. The maximum Gasteiger partial charge on any atom is 0.306 e. The first-order valence-electron chi connectivity index (χ1n) is 10.6. The molecule has 1 N–H and O–H groups in total. The van der Waals surface area contributed by atoms with Crippen LogP contribution < -0.4 is 5.32 Å². The largest absolute Gasteiger partial charge is 0.462 e. The smallest absolute Gasteiger partial charge is 0.306 e. The molecule has 0 saturated carbocycles. The molecule has 0 bridgehead atoms. The minimum absolute atomic E-state index is 0.0142. The first-order chi connectivity index (χ1) is 13.0. The molecule has 0 aromatic rings. The summed E-state index contributed by atoms with van der Waals surface area (Å²) in [5.41, 5.74) is 0. The lowest BCUT2D eigenvalue weighted by Crippen LogP contribution is -2.38. The number of hydrogen-bond acceptors (Lipinski definition) is 5. The van der Waals surface area contributed by atoms with Crippen LogP contribution in [0.4, 0.5) is 0 Å². The van der Waals surface area contributed by atoms with E-state index < -0.39 is 6.10 Å². The fourth-order valence-corrected chi connectivity index (χ4v) is 2.53. The quantitative estimate of drug-likeness (QED) is 0.298. The Labute approximate surface area is 164 Å². The van der Waals surface area contributed by atoms with Crippen molar-refractivity contribution in [1.82, 2.24) is 5.32 Å². The zero-order valence-electron chi connectivity index (χ0n) is 17.5. The van der Waals surface area contributed by atoms with E-state index in [4.69, 9.17) is 9.47 Å². The van der Waals surface area contributed by atoms with Crippen molar-refractivity contribution in [2.45, 2.75) is 104 Å². The van der Waals surface area contributed by atoms with E-state index in [-0.39, 0.29) is 31.0 Å². The third kappa shape index (κ3) is 16.3. The maximum atomic E-state index is 12.0.